The normalized spacial score (nSPS) is 22.6. The number of hydrogen-bond donors (Lipinski definition) is 2. The molecule has 2 N–H and O–H groups in total. The van der Waals surface area contributed by atoms with Crippen LogP contribution in [0.5, 0.6) is 0 Å². The molecule has 104 valence electrons. The van der Waals surface area contributed by atoms with E-state index in [1.165, 1.54) is 11.1 Å². The van der Waals surface area contributed by atoms with Crippen LogP contribution in [0.25, 0.3) is 0 Å². The van der Waals surface area contributed by atoms with Gasteiger partial charge in [-0.2, -0.15) is 0 Å². The van der Waals surface area contributed by atoms with Crippen LogP contribution in [0, 0.1) is 0 Å². The quantitative estimate of drug-likeness (QED) is 0.903. The maximum Gasteiger partial charge on any atom is 0.0775 e. The van der Waals surface area contributed by atoms with Gasteiger partial charge in [-0.15, -0.1) is 0 Å². The Bertz CT molecular complexity index is 613. The molecule has 0 amide bonds. The number of aliphatic hydroxyl groups excluding tert-OH is 1. The van der Waals surface area contributed by atoms with Gasteiger partial charge in [-0.3, -0.25) is 0 Å². The molecule has 0 saturated carbocycles. The van der Waals surface area contributed by atoms with Crippen molar-refractivity contribution in [3.05, 3.63) is 70.2 Å². The summed E-state index contributed by atoms with van der Waals surface area (Å²) in [4.78, 5) is 0. The van der Waals surface area contributed by atoms with Gasteiger partial charge in [0.25, 0.3) is 0 Å². The summed E-state index contributed by atoms with van der Waals surface area (Å²) in [5, 5.41) is 14.5. The molecule has 0 bridgehead atoms. The van der Waals surface area contributed by atoms with Crippen LogP contribution in [0.3, 0.4) is 0 Å². The van der Waals surface area contributed by atoms with Crippen LogP contribution in [0.15, 0.2) is 48.5 Å². The number of nitrogens with one attached hydrogen (secondary N) is 1. The van der Waals surface area contributed by atoms with E-state index in [9.17, 15) is 5.11 Å². The molecule has 2 nitrogen and oxygen atoms in total. The Morgan fingerprint density at radius 1 is 1.15 bits per heavy atom. The Morgan fingerprint density at radius 2 is 1.85 bits per heavy atom. The van der Waals surface area contributed by atoms with Crippen molar-refractivity contribution in [1.29, 1.82) is 0 Å². The van der Waals surface area contributed by atoms with Crippen LogP contribution in [0.2, 0.25) is 5.02 Å². The van der Waals surface area contributed by atoms with Gasteiger partial charge in [0.1, 0.15) is 0 Å². The Balaban J connectivity index is 1.83. The molecular weight excluding hydrogens is 270 g/mol. The summed E-state index contributed by atoms with van der Waals surface area (Å²) in [5.41, 5.74) is 3.48. The second kappa shape index (κ2) is 5.57. The Hall–Kier alpha value is -1.35. The average Bonchev–Trinajstić information content (AvgIpc) is 2.76. The summed E-state index contributed by atoms with van der Waals surface area (Å²) in [6.45, 7) is 2.08. The zero-order valence-corrected chi connectivity index (χ0v) is 12.1. The zero-order chi connectivity index (χ0) is 14.1. The van der Waals surface area contributed by atoms with Gasteiger partial charge in [0, 0.05) is 17.5 Å². The molecule has 3 rings (SSSR count). The van der Waals surface area contributed by atoms with E-state index in [2.05, 4.69) is 24.4 Å². The standard InChI is InChI=1S/C17H18ClNO/c1-11(13-7-4-5-9-15(13)18)19-17-14-8-3-2-6-12(14)10-16(17)20/h2-9,11,16-17,19-20H,10H2,1H3. The lowest BCUT2D eigenvalue weighted by Gasteiger charge is -2.24. The molecule has 0 saturated heterocycles. The summed E-state index contributed by atoms with van der Waals surface area (Å²) in [6, 6.07) is 16.1. The third-order valence-corrected chi connectivity index (χ3v) is 4.35. The molecule has 3 heteroatoms. The van der Waals surface area contributed by atoms with Crippen LogP contribution in [0.1, 0.15) is 35.7 Å². The van der Waals surface area contributed by atoms with Crippen molar-refractivity contribution in [2.75, 3.05) is 0 Å². The minimum absolute atomic E-state index is 0.0301. The first-order valence-electron chi connectivity index (χ1n) is 6.93. The third kappa shape index (κ3) is 2.47. The lowest BCUT2D eigenvalue weighted by atomic mass is 10.0. The average molecular weight is 288 g/mol. The molecule has 0 radical (unpaired) electrons. The summed E-state index contributed by atoms with van der Waals surface area (Å²) < 4.78 is 0. The SMILES string of the molecule is CC(NC1c2ccccc2CC1O)c1ccccc1Cl. The van der Waals surface area contributed by atoms with E-state index in [1.54, 1.807) is 0 Å². The topological polar surface area (TPSA) is 32.3 Å². The van der Waals surface area contributed by atoms with Gasteiger partial charge in [0.15, 0.2) is 0 Å². The minimum atomic E-state index is -0.377. The van der Waals surface area contributed by atoms with Crippen LogP contribution >= 0.6 is 11.6 Å². The van der Waals surface area contributed by atoms with Crippen molar-refractivity contribution in [2.24, 2.45) is 0 Å². The van der Waals surface area contributed by atoms with Gasteiger partial charge >= 0.3 is 0 Å². The number of halogens is 1. The highest BCUT2D eigenvalue weighted by molar-refractivity contribution is 6.31. The maximum atomic E-state index is 10.3. The van der Waals surface area contributed by atoms with Crippen molar-refractivity contribution in [1.82, 2.24) is 5.32 Å². The largest absolute Gasteiger partial charge is 0.391 e. The van der Waals surface area contributed by atoms with E-state index in [-0.39, 0.29) is 18.2 Å². The van der Waals surface area contributed by atoms with Crippen LogP contribution in [0.4, 0.5) is 0 Å². The number of hydrogen-bond acceptors (Lipinski definition) is 2. The fourth-order valence-corrected chi connectivity index (χ4v) is 3.26. The molecule has 0 aliphatic heterocycles. The molecule has 2 aromatic carbocycles. The molecule has 20 heavy (non-hydrogen) atoms. The number of rotatable bonds is 3. The summed E-state index contributed by atoms with van der Waals surface area (Å²) >= 11 is 6.24. The van der Waals surface area contributed by atoms with E-state index in [0.717, 1.165) is 10.6 Å². The number of aliphatic hydroxyl groups is 1. The predicted octanol–water partition coefficient (Wildman–Crippen LogP) is 3.65. The highest BCUT2D eigenvalue weighted by Gasteiger charge is 2.31. The van der Waals surface area contributed by atoms with E-state index in [4.69, 9.17) is 11.6 Å². The Kier molecular flexibility index (Phi) is 3.79. The summed E-state index contributed by atoms with van der Waals surface area (Å²) in [6.07, 6.45) is 0.334. The second-order valence-corrected chi connectivity index (χ2v) is 5.77. The van der Waals surface area contributed by atoms with Crippen molar-refractivity contribution in [3.8, 4) is 0 Å². The molecule has 0 heterocycles. The van der Waals surface area contributed by atoms with Crippen molar-refractivity contribution < 1.29 is 5.11 Å². The van der Waals surface area contributed by atoms with Gasteiger partial charge in [-0.05, 0) is 29.7 Å². The Labute approximate surface area is 124 Å². The first-order chi connectivity index (χ1) is 9.66. The van der Waals surface area contributed by atoms with Gasteiger partial charge in [-0.25, -0.2) is 0 Å². The molecule has 1 aliphatic carbocycles. The molecule has 2 aromatic rings. The van der Waals surface area contributed by atoms with E-state index < -0.39 is 0 Å². The number of benzene rings is 2. The van der Waals surface area contributed by atoms with Crippen molar-refractivity contribution >= 4 is 11.6 Å². The fraction of sp³-hybridized carbons (Fsp3) is 0.294. The smallest absolute Gasteiger partial charge is 0.0775 e. The minimum Gasteiger partial charge on any atom is -0.391 e. The lowest BCUT2D eigenvalue weighted by Crippen LogP contribution is -2.31. The van der Waals surface area contributed by atoms with E-state index in [0.29, 0.717) is 6.42 Å². The molecular formula is C17H18ClNO. The third-order valence-electron chi connectivity index (χ3n) is 4.01. The molecule has 0 spiro atoms. The highest BCUT2D eigenvalue weighted by atomic mass is 35.5. The molecule has 3 unspecified atom stereocenters. The zero-order valence-electron chi connectivity index (χ0n) is 11.4. The highest BCUT2D eigenvalue weighted by Crippen LogP contribution is 2.34. The molecule has 0 fully saturated rings. The van der Waals surface area contributed by atoms with Gasteiger partial charge in [0.05, 0.1) is 12.1 Å². The van der Waals surface area contributed by atoms with Gasteiger partial charge in [-0.1, -0.05) is 54.1 Å². The van der Waals surface area contributed by atoms with Crippen molar-refractivity contribution in [3.63, 3.8) is 0 Å². The van der Waals surface area contributed by atoms with Gasteiger partial charge < -0.3 is 10.4 Å². The maximum absolute atomic E-state index is 10.3. The van der Waals surface area contributed by atoms with Crippen LogP contribution in [-0.4, -0.2) is 11.2 Å². The van der Waals surface area contributed by atoms with Gasteiger partial charge in [0.2, 0.25) is 0 Å². The monoisotopic (exact) mass is 287 g/mol. The summed E-state index contributed by atoms with van der Waals surface area (Å²) in [7, 11) is 0. The molecule has 3 atom stereocenters. The second-order valence-electron chi connectivity index (χ2n) is 5.36. The van der Waals surface area contributed by atoms with Crippen LogP contribution < -0.4 is 5.32 Å². The van der Waals surface area contributed by atoms with E-state index >= 15 is 0 Å². The predicted molar refractivity (Wildman–Crippen MR) is 81.9 cm³/mol. The Morgan fingerprint density at radius 3 is 2.65 bits per heavy atom. The lowest BCUT2D eigenvalue weighted by molar-refractivity contribution is 0.136. The molecule has 0 aromatic heterocycles. The fourth-order valence-electron chi connectivity index (χ4n) is 2.96. The number of fused-ring (bicyclic) bond motifs is 1. The van der Waals surface area contributed by atoms with Crippen LogP contribution in [-0.2, 0) is 6.42 Å². The van der Waals surface area contributed by atoms with E-state index in [1.807, 2.05) is 36.4 Å². The first kappa shape index (κ1) is 13.6. The first-order valence-corrected chi connectivity index (χ1v) is 7.31. The molecule has 1 aliphatic rings. The van der Waals surface area contributed by atoms with Crippen molar-refractivity contribution in [2.45, 2.75) is 31.5 Å². The summed E-state index contributed by atoms with van der Waals surface area (Å²) in [5.74, 6) is 0.